The number of nitrogens with one attached hydrogen (secondary N) is 1. The zero-order chi connectivity index (χ0) is 16.3. The minimum Gasteiger partial charge on any atom is -0.367 e. The molecule has 120 valence electrons. The Bertz CT molecular complexity index is 654. The molecule has 0 saturated carbocycles. The van der Waals surface area contributed by atoms with Crippen molar-refractivity contribution in [2.75, 3.05) is 0 Å². The van der Waals surface area contributed by atoms with Gasteiger partial charge in [0.05, 0.1) is 17.7 Å². The molecule has 7 nitrogen and oxygen atoms in total. The van der Waals surface area contributed by atoms with E-state index >= 15 is 0 Å². The number of nitrogens with zero attached hydrogens (tertiary/aromatic N) is 3. The Kier molecular flexibility index (Phi) is 3.13. The maximum absolute atomic E-state index is 13.0. The maximum Gasteiger partial charge on any atom is 0.325 e. The number of amides is 3. The third kappa shape index (κ3) is 2.13. The van der Waals surface area contributed by atoms with E-state index in [4.69, 9.17) is 4.74 Å². The molecule has 8 heteroatoms. The summed E-state index contributed by atoms with van der Waals surface area (Å²) >= 11 is 1.38. The predicted molar refractivity (Wildman–Crippen MR) is 80.3 cm³/mol. The molecular weight excluding hydrogens is 304 g/mol. The van der Waals surface area contributed by atoms with E-state index in [0.717, 1.165) is 5.01 Å². The van der Waals surface area contributed by atoms with Gasteiger partial charge < -0.3 is 10.1 Å². The van der Waals surface area contributed by atoms with Crippen LogP contribution >= 0.6 is 11.3 Å². The van der Waals surface area contributed by atoms with E-state index in [0.29, 0.717) is 11.4 Å². The van der Waals surface area contributed by atoms with Crippen molar-refractivity contribution in [2.24, 2.45) is 0 Å². The molecule has 0 aromatic carbocycles. The van der Waals surface area contributed by atoms with Crippen molar-refractivity contribution in [1.29, 1.82) is 0 Å². The zero-order valence-electron chi connectivity index (χ0n) is 13.4. The Hall–Kier alpha value is -1.54. The predicted octanol–water partition coefficient (Wildman–Crippen LogP) is 1.61. The lowest BCUT2D eigenvalue weighted by molar-refractivity contribution is -0.138. The molecule has 0 aliphatic carbocycles. The minimum absolute atomic E-state index is 0.147. The van der Waals surface area contributed by atoms with Crippen LogP contribution in [0.3, 0.4) is 0 Å². The number of aryl methyl sites for hydroxylation is 1. The van der Waals surface area contributed by atoms with Gasteiger partial charge in [0, 0.05) is 6.42 Å². The fourth-order valence-corrected chi connectivity index (χ4v) is 4.20. The van der Waals surface area contributed by atoms with Gasteiger partial charge in [0.1, 0.15) is 10.0 Å². The van der Waals surface area contributed by atoms with Gasteiger partial charge in [-0.15, -0.1) is 10.2 Å². The van der Waals surface area contributed by atoms with Crippen LogP contribution in [-0.4, -0.2) is 43.8 Å². The van der Waals surface area contributed by atoms with Gasteiger partial charge in [0.15, 0.2) is 5.54 Å². The second-order valence-corrected chi connectivity index (χ2v) is 8.26. The van der Waals surface area contributed by atoms with E-state index in [1.165, 1.54) is 16.2 Å². The number of aromatic nitrogens is 2. The zero-order valence-corrected chi connectivity index (χ0v) is 14.2. The molecule has 0 bridgehead atoms. The van der Waals surface area contributed by atoms with E-state index in [-0.39, 0.29) is 12.5 Å². The van der Waals surface area contributed by atoms with Gasteiger partial charge in [-0.05, 0) is 34.6 Å². The van der Waals surface area contributed by atoms with E-state index in [1.54, 1.807) is 0 Å². The Balaban J connectivity index is 1.91. The van der Waals surface area contributed by atoms with Crippen molar-refractivity contribution < 1.29 is 14.3 Å². The fraction of sp³-hybridized carbons (Fsp3) is 0.714. The number of hydrogen-bond acceptors (Lipinski definition) is 6. The van der Waals surface area contributed by atoms with Crippen molar-refractivity contribution in [3.05, 3.63) is 10.0 Å². The molecule has 1 aromatic heterocycles. The summed E-state index contributed by atoms with van der Waals surface area (Å²) in [6, 6.07) is -0.396. The molecule has 2 saturated heterocycles. The molecule has 1 atom stereocenters. The number of carbonyl (C=O) groups excluding carboxylic acids is 2. The lowest BCUT2D eigenvalue weighted by atomic mass is 9.79. The summed E-state index contributed by atoms with van der Waals surface area (Å²) in [5.41, 5.74) is -2.26. The van der Waals surface area contributed by atoms with Crippen LogP contribution in [0.15, 0.2) is 0 Å². The Labute approximate surface area is 133 Å². The van der Waals surface area contributed by atoms with Crippen molar-refractivity contribution >= 4 is 23.3 Å². The quantitative estimate of drug-likeness (QED) is 0.836. The van der Waals surface area contributed by atoms with Crippen molar-refractivity contribution in [3.8, 4) is 0 Å². The van der Waals surface area contributed by atoms with E-state index in [9.17, 15) is 9.59 Å². The maximum atomic E-state index is 13.0. The average Bonchev–Trinajstić information content (AvgIpc) is 2.91. The molecule has 2 aliphatic rings. The molecule has 1 aromatic rings. The van der Waals surface area contributed by atoms with Gasteiger partial charge in [0.2, 0.25) is 0 Å². The molecule has 1 spiro atoms. The topological polar surface area (TPSA) is 84.4 Å². The first kappa shape index (κ1) is 15.4. The van der Waals surface area contributed by atoms with E-state index in [1.807, 2.05) is 34.6 Å². The van der Waals surface area contributed by atoms with Gasteiger partial charge in [-0.2, -0.15) is 0 Å². The molecule has 3 heterocycles. The molecule has 0 radical (unpaired) electrons. The van der Waals surface area contributed by atoms with Gasteiger partial charge in [-0.1, -0.05) is 11.3 Å². The molecule has 3 rings (SSSR count). The first-order valence-electron chi connectivity index (χ1n) is 7.20. The Morgan fingerprint density at radius 1 is 1.27 bits per heavy atom. The molecule has 22 heavy (non-hydrogen) atoms. The highest BCUT2D eigenvalue weighted by Crippen LogP contribution is 2.48. The minimum atomic E-state index is -1.02. The van der Waals surface area contributed by atoms with E-state index < -0.39 is 22.8 Å². The third-order valence-corrected chi connectivity index (χ3v) is 5.11. The lowest BCUT2D eigenvalue weighted by Gasteiger charge is -2.33. The smallest absolute Gasteiger partial charge is 0.325 e. The van der Waals surface area contributed by atoms with Crippen LogP contribution in [0.25, 0.3) is 0 Å². The molecule has 2 fully saturated rings. The highest BCUT2D eigenvalue weighted by atomic mass is 32.1. The highest BCUT2D eigenvalue weighted by molar-refractivity contribution is 7.11. The second kappa shape index (κ2) is 4.48. The Morgan fingerprint density at radius 2 is 1.95 bits per heavy atom. The molecular formula is C14H20N4O3S. The number of imide groups is 1. The standard InChI is InChI=1S/C14H20N4O3S/c1-8-16-17-9(22-8)6-18-10(19)14(15-11(18)20)7-12(2,3)21-13(14,4)5/h6-7H2,1-5H3,(H,15,20). The van der Waals surface area contributed by atoms with Gasteiger partial charge in [-0.25, -0.2) is 4.79 Å². The molecule has 3 amide bonds. The largest absolute Gasteiger partial charge is 0.367 e. The second-order valence-electron chi connectivity index (χ2n) is 6.99. The summed E-state index contributed by atoms with van der Waals surface area (Å²) in [5.74, 6) is -0.249. The van der Waals surface area contributed by atoms with Crippen LogP contribution in [-0.2, 0) is 16.1 Å². The highest BCUT2D eigenvalue weighted by Gasteiger charge is 2.67. The van der Waals surface area contributed by atoms with Gasteiger partial charge >= 0.3 is 6.03 Å². The van der Waals surface area contributed by atoms with Crippen LogP contribution in [0.1, 0.15) is 44.1 Å². The lowest BCUT2D eigenvalue weighted by Crippen LogP contribution is -2.59. The first-order valence-corrected chi connectivity index (χ1v) is 8.01. The van der Waals surface area contributed by atoms with Crippen molar-refractivity contribution in [3.63, 3.8) is 0 Å². The average molecular weight is 324 g/mol. The van der Waals surface area contributed by atoms with E-state index in [2.05, 4.69) is 15.5 Å². The summed E-state index contributed by atoms with van der Waals surface area (Å²) in [6.07, 6.45) is 0.448. The number of carbonyl (C=O) groups is 2. The SMILES string of the molecule is Cc1nnc(CN2C(=O)NC3(CC(C)(C)OC3(C)C)C2=O)s1. The summed E-state index contributed by atoms with van der Waals surface area (Å²) in [5, 5.41) is 12.2. The fourth-order valence-electron chi connectivity index (χ4n) is 3.50. The number of urea groups is 1. The van der Waals surface area contributed by atoms with Crippen LogP contribution in [0.5, 0.6) is 0 Å². The van der Waals surface area contributed by atoms with Crippen LogP contribution in [0.4, 0.5) is 4.79 Å². The normalized spacial score (nSPS) is 29.4. The first-order chi connectivity index (χ1) is 10.1. The van der Waals surface area contributed by atoms with Crippen LogP contribution < -0.4 is 5.32 Å². The van der Waals surface area contributed by atoms with Crippen molar-refractivity contribution in [2.45, 2.75) is 64.3 Å². The van der Waals surface area contributed by atoms with Crippen LogP contribution in [0.2, 0.25) is 0 Å². The summed E-state index contributed by atoms with van der Waals surface area (Å²) < 4.78 is 6.01. The molecule has 1 unspecified atom stereocenters. The Morgan fingerprint density at radius 3 is 2.45 bits per heavy atom. The summed E-state index contributed by atoms with van der Waals surface area (Å²) in [4.78, 5) is 26.5. The van der Waals surface area contributed by atoms with Crippen LogP contribution in [0, 0.1) is 6.92 Å². The number of rotatable bonds is 2. The number of ether oxygens (including phenoxy) is 1. The summed E-state index contributed by atoms with van der Waals surface area (Å²) in [6.45, 7) is 9.54. The summed E-state index contributed by atoms with van der Waals surface area (Å²) in [7, 11) is 0. The number of hydrogen-bond donors (Lipinski definition) is 1. The van der Waals surface area contributed by atoms with Gasteiger partial charge in [0.25, 0.3) is 5.91 Å². The monoisotopic (exact) mass is 324 g/mol. The third-order valence-electron chi connectivity index (χ3n) is 4.29. The molecule has 1 N–H and O–H groups in total. The molecule has 2 aliphatic heterocycles. The van der Waals surface area contributed by atoms with Gasteiger partial charge in [-0.3, -0.25) is 9.69 Å². The van der Waals surface area contributed by atoms with Crippen molar-refractivity contribution in [1.82, 2.24) is 20.4 Å².